The van der Waals surface area contributed by atoms with Crippen molar-refractivity contribution in [1.82, 2.24) is 5.32 Å². The fourth-order valence-electron chi connectivity index (χ4n) is 4.58. The molecule has 1 aromatic rings. The number of rotatable bonds is 5. The first-order valence-corrected chi connectivity index (χ1v) is 8.55. The van der Waals surface area contributed by atoms with Crippen molar-refractivity contribution in [3.05, 3.63) is 28.8 Å². The lowest BCUT2D eigenvalue weighted by molar-refractivity contribution is 0.409. The van der Waals surface area contributed by atoms with E-state index in [2.05, 4.69) is 38.2 Å². The van der Waals surface area contributed by atoms with Crippen molar-refractivity contribution in [3.63, 3.8) is 0 Å². The molecule has 21 heavy (non-hydrogen) atoms. The van der Waals surface area contributed by atoms with Crippen molar-refractivity contribution in [2.75, 3.05) is 13.7 Å². The second-order valence-electron chi connectivity index (χ2n) is 6.90. The number of fused-ring (bicyclic) bond motifs is 1. The first kappa shape index (κ1) is 14.9. The van der Waals surface area contributed by atoms with Crippen LogP contribution < -0.4 is 10.1 Å². The summed E-state index contributed by atoms with van der Waals surface area (Å²) in [6.45, 7) is 7.66. The first-order chi connectivity index (χ1) is 10.2. The van der Waals surface area contributed by atoms with E-state index in [9.17, 15) is 0 Å². The lowest BCUT2D eigenvalue weighted by Gasteiger charge is -2.22. The van der Waals surface area contributed by atoms with Crippen LogP contribution in [-0.4, -0.2) is 13.7 Å². The molecule has 3 rings (SSSR count). The SMILES string of the molecule is CCNC(c1cc(C)c(OC)cc1C)C1C2CCCCC21. The normalized spacial score (nSPS) is 28.9. The van der Waals surface area contributed by atoms with Gasteiger partial charge in [-0.3, -0.25) is 0 Å². The average Bonchev–Trinajstić information content (AvgIpc) is 3.21. The van der Waals surface area contributed by atoms with Gasteiger partial charge in [-0.25, -0.2) is 0 Å². The standard InChI is InChI=1S/C19H29NO/c1-5-20-19(18-14-8-6-7-9-15(14)18)16-10-13(3)17(21-4)11-12(16)2/h10-11,14-15,18-20H,5-9H2,1-4H3. The summed E-state index contributed by atoms with van der Waals surface area (Å²) < 4.78 is 5.47. The van der Waals surface area contributed by atoms with Crippen molar-refractivity contribution in [1.29, 1.82) is 0 Å². The zero-order valence-electron chi connectivity index (χ0n) is 13.9. The maximum absolute atomic E-state index is 5.47. The molecular formula is C19H29NO. The molecular weight excluding hydrogens is 258 g/mol. The summed E-state index contributed by atoms with van der Waals surface area (Å²) in [4.78, 5) is 0. The monoisotopic (exact) mass is 287 g/mol. The molecule has 3 atom stereocenters. The molecule has 2 fully saturated rings. The molecule has 116 valence electrons. The van der Waals surface area contributed by atoms with E-state index in [0.29, 0.717) is 6.04 Å². The minimum atomic E-state index is 0.535. The molecule has 2 nitrogen and oxygen atoms in total. The van der Waals surface area contributed by atoms with Crippen LogP contribution in [0.4, 0.5) is 0 Å². The van der Waals surface area contributed by atoms with Crippen LogP contribution in [0.5, 0.6) is 5.75 Å². The molecule has 0 aromatic heterocycles. The fourth-order valence-corrected chi connectivity index (χ4v) is 4.58. The number of benzene rings is 1. The number of methoxy groups -OCH3 is 1. The zero-order chi connectivity index (χ0) is 15.0. The van der Waals surface area contributed by atoms with Gasteiger partial charge in [-0.15, -0.1) is 0 Å². The number of aryl methyl sites for hydroxylation is 2. The number of hydrogen-bond acceptors (Lipinski definition) is 2. The molecule has 0 aliphatic heterocycles. The summed E-state index contributed by atoms with van der Waals surface area (Å²) in [5.41, 5.74) is 4.12. The molecule has 0 saturated heterocycles. The Balaban J connectivity index is 1.89. The first-order valence-electron chi connectivity index (χ1n) is 8.55. The van der Waals surface area contributed by atoms with Crippen LogP contribution >= 0.6 is 0 Å². The van der Waals surface area contributed by atoms with Crippen molar-refractivity contribution in [2.45, 2.75) is 52.5 Å². The average molecular weight is 287 g/mol. The van der Waals surface area contributed by atoms with Gasteiger partial charge in [-0.1, -0.05) is 25.8 Å². The molecule has 2 aliphatic rings. The van der Waals surface area contributed by atoms with E-state index in [1.54, 1.807) is 7.11 Å². The molecule has 0 spiro atoms. The van der Waals surface area contributed by atoms with Gasteiger partial charge in [0.1, 0.15) is 5.75 Å². The van der Waals surface area contributed by atoms with Crippen LogP contribution in [0.15, 0.2) is 12.1 Å². The lowest BCUT2D eigenvalue weighted by atomic mass is 9.93. The van der Waals surface area contributed by atoms with Crippen molar-refractivity contribution >= 4 is 0 Å². The molecule has 2 heteroatoms. The summed E-state index contributed by atoms with van der Waals surface area (Å²) >= 11 is 0. The highest BCUT2D eigenvalue weighted by Crippen LogP contribution is 2.60. The Morgan fingerprint density at radius 2 is 1.81 bits per heavy atom. The van der Waals surface area contributed by atoms with Crippen LogP contribution in [0.1, 0.15) is 55.3 Å². The summed E-state index contributed by atoms with van der Waals surface area (Å²) in [6, 6.07) is 5.10. The molecule has 1 N–H and O–H groups in total. The van der Waals surface area contributed by atoms with E-state index in [1.165, 1.54) is 42.4 Å². The molecule has 0 heterocycles. The van der Waals surface area contributed by atoms with E-state index in [0.717, 1.165) is 30.0 Å². The quantitative estimate of drug-likeness (QED) is 0.866. The Morgan fingerprint density at radius 1 is 1.14 bits per heavy atom. The third-order valence-electron chi connectivity index (χ3n) is 5.65. The topological polar surface area (TPSA) is 21.3 Å². The van der Waals surface area contributed by atoms with Crippen molar-refractivity contribution < 1.29 is 4.74 Å². The van der Waals surface area contributed by atoms with Crippen LogP contribution in [0.2, 0.25) is 0 Å². The third kappa shape index (κ3) is 2.70. The van der Waals surface area contributed by atoms with E-state index >= 15 is 0 Å². The summed E-state index contributed by atoms with van der Waals surface area (Å²) in [6.07, 6.45) is 5.78. The molecule has 1 aromatic carbocycles. The second kappa shape index (κ2) is 6.00. The van der Waals surface area contributed by atoms with Gasteiger partial charge in [-0.05, 0) is 73.7 Å². The summed E-state index contributed by atoms with van der Waals surface area (Å²) in [7, 11) is 1.76. The van der Waals surface area contributed by atoms with Crippen LogP contribution in [-0.2, 0) is 0 Å². The maximum Gasteiger partial charge on any atom is 0.122 e. The third-order valence-corrected chi connectivity index (χ3v) is 5.65. The molecule has 0 bridgehead atoms. The highest BCUT2D eigenvalue weighted by atomic mass is 16.5. The number of hydrogen-bond donors (Lipinski definition) is 1. The Labute approximate surface area is 129 Å². The van der Waals surface area contributed by atoms with Gasteiger partial charge in [0.15, 0.2) is 0 Å². The molecule has 0 amide bonds. The summed E-state index contributed by atoms with van der Waals surface area (Å²) in [5, 5.41) is 3.78. The Kier molecular flexibility index (Phi) is 4.26. The molecule has 3 unspecified atom stereocenters. The van der Waals surface area contributed by atoms with E-state index in [4.69, 9.17) is 4.74 Å². The number of ether oxygens (including phenoxy) is 1. The Bertz CT molecular complexity index is 499. The highest BCUT2D eigenvalue weighted by molar-refractivity contribution is 5.43. The minimum Gasteiger partial charge on any atom is -0.496 e. The van der Waals surface area contributed by atoms with E-state index in [-0.39, 0.29) is 0 Å². The van der Waals surface area contributed by atoms with Gasteiger partial charge in [0.05, 0.1) is 7.11 Å². The maximum atomic E-state index is 5.47. The Hall–Kier alpha value is -1.02. The zero-order valence-corrected chi connectivity index (χ0v) is 13.9. The highest BCUT2D eigenvalue weighted by Gasteiger charge is 2.54. The van der Waals surface area contributed by atoms with E-state index in [1.807, 2.05) is 0 Å². The Morgan fingerprint density at radius 3 is 2.38 bits per heavy atom. The van der Waals surface area contributed by atoms with Gasteiger partial charge < -0.3 is 10.1 Å². The smallest absolute Gasteiger partial charge is 0.122 e. The van der Waals surface area contributed by atoms with Gasteiger partial charge in [-0.2, -0.15) is 0 Å². The van der Waals surface area contributed by atoms with Gasteiger partial charge in [0, 0.05) is 6.04 Å². The second-order valence-corrected chi connectivity index (χ2v) is 6.90. The predicted octanol–water partition coefficient (Wildman–Crippen LogP) is 4.40. The van der Waals surface area contributed by atoms with Crippen LogP contribution in [0.3, 0.4) is 0 Å². The molecule has 0 radical (unpaired) electrons. The van der Waals surface area contributed by atoms with E-state index < -0.39 is 0 Å². The fraction of sp³-hybridized carbons (Fsp3) is 0.684. The van der Waals surface area contributed by atoms with Crippen molar-refractivity contribution in [2.24, 2.45) is 17.8 Å². The lowest BCUT2D eigenvalue weighted by Crippen LogP contribution is -2.24. The molecule has 2 saturated carbocycles. The van der Waals surface area contributed by atoms with Gasteiger partial charge >= 0.3 is 0 Å². The van der Waals surface area contributed by atoms with Crippen molar-refractivity contribution in [3.8, 4) is 5.75 Å². The number of nitrogens with one attached hydrogen (secondary N) is 1. The minimum absolute atomic E-state index is 0.535. The largest absolute Gasteiger partial charge is 0.496 e. The summed E-state index contributed by atoms with van der Waals surface area (Å²) in [5.74, 6) is 3.83. The van der Waals surface area contributed by atoms with Gasteiger partial charge in [0.25, 0.3) is 0 Å². The predicted molar refractivity (Wildman–Crippen MR) is 87.8 cm³/mol. The van der Waals surface area contributed by atoms with Gasteiger partial charge in [0.2, 0.25) is 0 Å². The van der Waals surface area contributed by atoms with Crippen LogP contribution in [0.25, 0.3) is 0 Å². The van der Waals surface area contributed by atoms with Crippen LogP contribution in [0, 0.1) is 31.6 Å². The molecule has 2 aliphatic carbocycles.